The molecule has 1 aliphatic rings. The Morgan fingerprint density at radius 2 is 2.15 bits per heavy atom. The van der Waals surface area contributed by atoms with Crippen LogP contribution in [0.1, 0.15) is 12.8 Å². The van der Waals surface area contributed by atoms with Crippen LogP contribution in [0.2, 0.25) is 0 Å². The van der Waals surface area contributed by atoms with Crippen molar-refractivity contribution >= 4 is 21.7 Å². The second-order valence-electron chi connectivity index (χ2n) is 4.75. The molecule has 9 heteroatoms. The van der Waals surface area contributed by atoms with E-state index in [1.807, 2.05) is 0 Å². The van der Waals surface area contributed by atoms with Gasteiger partial charge in [-0.3, -0.25) is 9.59 Å². The molecule has 0 spiro atoms. The maximum absolute atomic E-state index is 12.1. The Kier molecular flexibility index (Phi) is 5.90. The number of amides is 1. The smallest absolute Gasteiger partial charge is 0.305 e. The van der Waals surface area contributed by atoms with E-state index in [1.165, 1.54) is 12.0 Å². The number of aliphatic carboxylic acids is 1. The van der Waals surface area contributed by atoms with Gasteiger partial charge in [0.25, 0.3) is 0 Å². The van der Waals surface area contributed by atoms with E-state index in [0.717, 1.165) is 0 Å². The molecule has 0 aromatic carbocycles. The molecule has 1 rings (SSSR count). The Labute approximate surface area is 117 Å². The topological polar surface area (TPSA) is 127 Å². The number of carbonyl (C=O) groups is 2. The quantitative estimate of drug-likeness (QED) is 0.608. The number of carboxylic acid groups (broad SMARTS) is 1. The van der Waals surface area contributed by atoms with Crippen LogP contribution in [0, 0.1) is 0 Å². The zero-order chi connectivity index (χ0) is 15.3. The predicted octanol–water partition coefficient (Wildman–Crippen LogP) is -1.55. The molecule has 116 valence electrons. The molecule has 0 radical (unpaired) electrons. The summed E-state index contributed by atoms with van der Waals surface area (Å²) in [5.41, 5.74) is 5.43. The Morgan fingerprint density at radius 3 is 2.65 bits per heavy atom. The fourth-order valence-electron chi connectivity index (χ4n) is 2.16. The summed E-state index contributed by atoms with van der Waals surface area (Å²) in [6, 6.07) is -0.825. The van der Waals surface area contributed by atoms with Crippen LogP contribution in [0.4, 0.5) is 0 Å². The highest BCUT2D eigenvalue weighted by molar-refractivity contribution is 7.91. The van der Waals surface area contributed by atoms with Crippen molar-refractivity contribution in [3.8, 4) is 0 Å². The molecule has 0 saturated carbocycles. The van der Waals surface area contributed by atoms with Crippen LogP contribution in [0.25, 0.3) is 0 Å². The first-order valence-corrected chi connectivity index (χ1v) is 8.05. The molecule has 0 aromatic heterocycles. The Bertz CT molecular complexity index is 460. The monoisotopic (exact) mass is 308 g/mol. The van der Waals surface area contributed by atoms with Gasteiger partial charge in [-0.05, 0) is 0 Å². The van der Waals surface area contributed by atoms with Gasteiger partial charge in [-0.15, -0.1) is 0 Å². The Hall–Kier alpha value is -1.19. The van der Waals surface area contributed by atoms with Gasteiger partial charge < -0.3 is 20.5 Å². The largest absolute Gasteiger partial charge is 0.481 e. The zero-order valence-electron chi connectivity index (χ0n) is 11.3. The molecular formula is C11H20N2O6S. The molecule has 1 aliphatic heterocycles. The first kappa shape index (κ1) is 16.9. The van der Waals surface area contributed by atoms with Crippen LogP contribution in [-0.2, 0) is 24.2 Å². The molecule has 1 amide bonds. The minimum Gasteiger partial charge on any atom is -0.481 e. The van der Waals surface area contributed by atoms with Gasteiger partial charge in [0, 0.05) is 20.2 Å². The second-order valence-corrected chi connectivity index (χ2v) is 6.98. The van der Waals surface area contributed by atoms with E-state index in [-0.39, 0.29) is 43.3 Å². The summed E-state index contributed by atoms with van der Waals surface area (Å²) in [7, 11) is -1.87. The number of nitrogens with two attached hydrogens (primary N) is 1. The van der Waals surface area contributed by atoms with Gasteiger partial charge in [0.15, 0.2) is 9.84 Å². The summed E-state index contributed by atoms with van der Waals surface area (Å²) in [5.74, 6) is -1.92. The fraction of sp³-hybridized carbons (Fsp3) is 0.818. The van der Waals surface area contributed by atoms with Crippen LogP contribution in [0.3, 0.4) is 0 Å². The Morgan fingerprint density at radius 1 is 1.50 bits per heavy atom. The highest BCUT2D eigenvalue weighted by Crippen LogP contribution is 2.17. The maximum Gasteiger partial charge on any atom is 0.305 e. The minimum atomic E-state index is -3.30. The zero-order valence-corrected chi connectivity index (χ0v) is 12.1. The predicted molar refractivity (Wildman–Crippen MR) is 70.9 cm³/mol. The molecule has 0 aromatic rings. The van der Waals surface area contributed by atoms with Crippen molar-refractivity contribution < 1.29 is 27.9 Å². The first-order valence-electron chi connectivity index (χ1n) is 6.23. The van der Waals surface area contributed by atoms with E-state index in [2.05, 4.69) is 0 Å². The lowest BCUT2D eigenvalue weighted by atomic mass is 10.1. The van der Waals surface area contributed by atoms with Crippen LogP contribution >= 0.6 is 0 Å². The number of carbonyl (C=O) groups excluding carboxylic acids is 1. The summed E-state index contributed by atoms with van der Waals surface area (Å²) in [4.78, 5) is 24.3. The summed E-state index contributed by atoms with van der Waals surface area (Å²) >= 11 is 0. The first-order chi connectivity index (χ1) is 9.29. The minimum absolute atomic E-state index is 0.0140. The van der Waals surface area contributed by atoms with Crippen molar-refractivity contribution in [2.45, 2.75) is 25.0 Å². The molecule has 1 heterocycles. The summed E-state index contributed by atoms with van der Waals surface area (Å²) in [6.45, 7) is 0.179. The summed E-state index contributed by atoms with van der Waals surface area (Å²) in [6.07, 6.45) is -0.819. The van der Waals surface area contributed by atoms with Crippen molar-refractivity contribution in [2.75, 3.05) is 31.7 Å². The normalized spacial score (nSPS) is 23.3. The second kappa shape index (κ2) is 7.00. The SMILES string of the molecule is COC(CN)CC(=O)N1CCS(=O)(=O)CC1CC(=O)O. The van der Waals surface area contributed by atoms with Crippen LogP contribution in [0.15, 0.2) is 0 Å². The van der Waals surface area contributed by atoms with Crippen LogP contribution < -0.4 is 5.73 Å². The van der Waals surface area contributed by atoms with Gasteiger partial charge >= 0.3 is 5.97 Å². The third-order valence-electron chi connectivity index (χ3n) is 3.26. The maximum atomic E-state index is 12.1. The van der Waals surface area contributed by atoms with Gasteiger partial charge in [-0.2, -0.15) is 0 Å². The molecule has 20 heavy (non-hydrogen) atoms. The lowest BCUT2D eigenvalue weighted by Crippen LogP contribution is -2.52. The number of hydrogen-bond acceptors (Lipinski definition) is 6. The highest BCUT2D eigenvalue weighted by Gasteiger charge is 2.35. The number of carboxylic acids is 1. The lowest BCUT2D eigenvalue weighted by Gasteiger charge is -2.35. The van der Waals surface area contributed by atoms with E-state index in [0.29, 0.717) is 0 Å². The number of methoxy groups -OCH3 is 1. The molecule has 0 aliphatic carbocycles. The molecule has 2 atom stereocenters. The Balaban J connectivity index is 2.79. The van der Waals surface area contributed by atoms with Gasteiger partial charge in [-0.25, -0.2) is 8.42 Å². The van der Waals surface area contributed by atoms with Crippen molar-refractivity contribution in [1.29, 1.82) is 0 Å². The van der Waals surface area contributed by atoms with E-state index in [4.69, 9.17) is 15.6 Å². The van der Waals surface area contributed by atoms with E-state index in [1.54, 1.807) is 0 Å². The summed E-state index contributed by atoms with van der Waals surface area (Å²) < 4.78 is 28.2. The highest BCUT2D eigenvalue weighted by atomic mass is 32.2. The van der Waals surface area contributed by atoms with E-state index >= 15 is 0 Å². The van der Waals surface area contributed by atoms with Gasteiger partial charge in [0.1, 0.15) is 0 Å². The fourth-order valence-corrected chi connectivity index (χ4v) is 3.69. The average molecular weight is 308 g/mol. The van der Waals surface area contributed by atoms with Crippen molar-refractivity contribution in [1.82, 2.24) is 4.90 Å². The molecule has 0 bridgehead atoms. The van der Waals surface area contributed by atoms with Crippen LogP contribution in [-0.4, -0.2) is 74.2 Å². The third kappa shape index (κ3) is 4.73. The number of ether oxygens (including phenoxy) is 1. The van der Waals surface area contributed by atoms with Crippen molar-refractivity contribution in [3.63, 3.8) is 0 Å². The van der Waals surface area contributed by atoms with Crippen LogP contribution in [0.5, 0.6) is 0 Å². The number of nitrogens with zero attached hydrogens (tertiary/aromatic N) is 1. The number of sulfone groups is 1. The van der Waals surface area contributed by atoms with Gasteiger partial charge in [-0.1, -0.05) is 0 Å². The number of rotatable bonds is 6. The lowest BCUT2D eigenvalue weighted by molar-refractivity contribution is -0.141. The molecule has 3 N–H and O–H groups in total. The molecule has 1 fully saturated rings. The van der Waals surface area contributed by atoms with Gasteiger partial charge in [0.2, 0.25) is 5.91 Å². The van der Waals surface area contributed by atoms with E-state index in [9.17, 15) is 18.0 Å². The van der Waals surface area contributed by atoms with Gasteiger partial charge in [0.05, 0.1) is 36.5 Å². The average Bonchev–Trinajstić information content (AvgIpc) is 2.34. The van der Waals surface area contributed by atoms with Crippen molar-refractivity contribution in [3.05, 3.63) is 0 Å². The molecular weight excluding hydrogens is 288 g/mol. The molecule has 1 saturated heterocycles. The molecule has 8 nitrogen and oxygen atoms in total. The third-order valence-corrected chi connectivity index (χ3v) is 4.96. The standard InChI is InChI=1S/C11H20N2O6S/c1-19-9(6-12)5-10(14)13-2-3-20(17,18)7-8(13)4-11(15)16/h8-9H,2-7,12H2,1H3,(H,15,16). The number of hydrogen-bond donors (Lipinski definition) is 2. The molecule has 2 unspecified atom stereocenters. The summed E-state index contributed by atoms with van der Waals surface area (Å²) in [5, 5.41) is 8.83. The van der Waals surface area contributed by atoms with Crippen molar-refractivity contribution in [2.24, 2.45) is 5.73 Å². The van der Waals surface area contributed by atoms with E-state index < -0.39 is 28.0 Å².